The zero-order chi connectivity index (χ0) is 15.8. The summed E-state index contributed by atoms with van der Waals surface area (Å²) in [6.07, 6.45) is 4.51. The Labute approximate surface area is 128 Å². The first-order valence-electron chi connectivity index (χ1n) is 7.51. The molecule has 0 fully saturated rings. The molecule has 0 saturated carbocycles. The Morgan fingerprint density at radius 3 is 2.67 bits per heavy atom. The summed E-state index contributed by atoms with van der Waals surface area (Å²) in [6.45, 7) is 8.69. The number of anilines is 1. The Bertz CT molecular complexity index is 585. The fraction of sp³-hybridized carbons (Fsp3) is 0.500. The molecule has 3 nitrogen and oxygen atoms in total. The molecule has 2 rings (SSSR count). The number of ketones is 1. The average molecular weight is 286 g/mol. The first kappa shape index (κ1) is 15.6. The minimum atomic E-state index is 0.0704. The number of carbonyl (C=O) groups excluding carboxylic acids is 1. The summed E-state index contributed by atoms with van der Waals surface area (Å²) < 4.78 is 0. The predicted octanol–water partition coefficient (Wildman–Crippen LogP) is 3.95. The average Bonchev–Trinajstić information content (AvgIpc) is 2.33. The van der Waals surface area contributed by atoms with Gasteiger partial charge in [0.2, 0.25) is 0 Å². The van der Waals surface area contributed by atoms with Crippen LogP contribution in [-0.4, -0.2) is 30.3 Å². The van der Waals surface area contributed by atoms with Gasteiger partial charge in [0.25, 0.3) is 0 Å². The lowest BCUT2D eigenvalue weighted by Crippen LogP contribution is -2.36. The molecule has 0 aromatic heterocycles. The molecule has 21 heavy (non-hydrogen) atoms. The molecular formula is C18H26N2O. The van der Waals surface area contributed by atoms with Gasteiger partial charge >= 0.3 is 0 Å². The van der Waals surface area contributed by atoms with Gasteiger partial charge in [0.15, 0.2) is 5.78 Å². The fourth-order valence-electron chi connectivity index (χ4n) is 3.10. The highest BCUT2D eigenvalue weighted by Gasteiger charge is 2.30. The topological polar surface area (TPSA) is 32.3 Å². The highest BCUT2D eigenvalue weighted by molar-refractivity contribution is 6.06. The SMILES string of the molecule is Cc1cc2c(cc1C(=O)C=CN(C)C)C(C)CC(C)(C)N2. The van der Waals surface area contributed by atoms with Gasteiger partial charge in [-0.05, 0) is 56.4 Å². The molecule has 1 aliphatic rings. The highest BCUT2D eigenvalue weighted by Crippen LogP contribution is 2.39. The van der Waals surface area contributed by atoms with Crippen molar-refractivity contribution >= 4 is 11.5 Å². The normalized spacial score (nSPS) is 20.0. The summed E-state index contributed by atoms with van der Waals surface area (Å²) in [5.41, 5.74) is 4.36. The minimum absolute atomic E-state index is 0.0704. The number of benzene rings is 1. The molecule has 0 saturated heterocycles. The van der Waals surface area contributed by atoms with Crippen molar-refractivity contribution in [3.05, 3.63) is 41.1 Å². The third-order valence-electron chi connectivity index (χ3n) is 4.01. The van der Waals surface area contributed by atoms with Crippen LogP contribution in [-0.2, 0) is 0 Å². The largest absolute Gasteiger partial charge is 0.383 e. The number of allylic oxidation sites excluding steroid dienone is 1. The Kier molecular flexibility index (Phi) is 4.13. The van der Waals surface area contributed by atoms with Crippen LogP contribution < -0.4 is 5.32 Å². The van der Waals surface area contributed by atoms with E-state index in [1.165, 1.54) is 11.3 Å². The lowest BCUT2D eigenvalue weighted by molar-refractivity contribution is 0.104. The smallest absolute Gasteiger partial charge is 0.187 e. The molecule has 0 amide bonds. The third-order valence-corrected chi connectivity index (χ3v) is 4.01. The van der Waals surface area contributed by atoms with Crippen molar-refractivity contribution in [1.29, 1.82) is 0 Å². The van der Waals surface area contributed by atoms with Crippen molar-refractivity contribution in [2.24, 2.45) is 0 Å². The summed E-state index contributed by atoms with van der Waals surface area (Å²) in [6, 6.07) is 4.18. The zero-order valence-electron chi connectivity index (χ0n) is 13.9. The lowest BCUT2D eigenvalue weighted by Gasteiger charge is -2.38. The highest BCUT2D eigenvalue weighted by atomic mass is 16.1. The van der Waals surface area contributed by atoms with Crippen LogP contribution in [0.15, 0.2) is 24.4 Å². The number of hydrogen-bond donors (Lipinski definition) is 1. The van der Waals surface area contributed by atoms with Crippen LogP contribution in [0.25, 0.3) is 0 Å². The van der Waals surface area contributed by atoms with E-state index in [0.29, 0.717) is 5.92 Å². The first-order valence-corrected chi connectivity index (χ1v) is 7.51. The van der Waals surface area contributed by atoms with Gasteiger partial charge in [0.1, 0.15) is 0 Å². The molecule has 1 aromatic carbocycles. The maximum absolute atomic E-state index is 12.4. The Balaban J connectivity index is 2.40. The Morgan fingerprint density at radius 1 is 1.38 bits per heavy atom. The van der Waals surface area contributed by atoms with Gasteiger partial charge in [-0.25, -0.2) is 0 Å². The van der Waals surface area contributed by atoms with E-state index in [9.17, 15) is 4.79 Å². The molecule has 1 aromatic rings. The molecule has 0 spiro atoms. The molecule has 0 aliphatic carbocycles. The Morgan fingerprint density at radius 2 is 2.05 bits per heavy atom. The van der Waals surface area contributed by atoms with Gasteiger partial charge in [0.05, 0.1) is 0 Å². The molecule has 114 valence electrons. The van der Waals surface area contributed by atoms with E-state index in [-0.39, 0.29) is 11.3 Å². The van der Waals surface area contributed by atoms with E-state index in [2.05, 4.69) is 38.2 Å². The Hall–Kier alpha value is -1.77. The second-order valence-electron chi connectivity index (χ2n) is 7.01. The summed E-state index contributed by atoms with van der Waals surface area (Å²) >= 11 is 0. The number of rotatable bonds is 3. The van der Waals surface area contributed by atoms with Gasteiger partial charge in [-0.3, -0.25) is 4.79 Å². The van der Waals surface area contributed by atoms with Crippen molar-refractivity contribution in [1.82, 2.24) is 4.90 Å². The lowest BCUT2D eigenvalue weighted by atomic mass is 9.80. The number of aryl methyl sites for hydroxylation is 1. The van der Waals surface area contributed by atoms with E-state index < -0.39 is 0 Å². The van der Waals surface area contributed by atoms with E-state index >= 15 is 0 Å². The molecule has 0 radical (unpaired) electrons. The molecule has 3 heteroatoms. The van der Waals surface area contributed by atoms with Crippen LogP contribution in [0.1, 0.15) is 54.6 Å². The number of hydrogen-bond acceptors (Lipinski definition) is 3. The molecule has 1 N–H and O–H groups in total. The van der Waals surface area contributed by atoms with Gasteiger partial charge in [-0.1, -0.05) is 6.92 Å². The molecule has 1 aliphatic heterocycles. The summed E-state index contributed by atoms with van der Waals surface area (Å²) in [5.74, 6) is 0.530. The maximum Gasteiger partial charge on any atom is 0.187 e. The first-order chi connectivity index (χ1) is 9.69. The number of fused-ring (bicyclic) bond motifs is 1. The summed E-state index contributed by atoms with van der Waals surface area (Å²) in [4.78, 5) is 14.2. The van der Waals surface area contributed by atoms with Gasteiger partial charge in [-0.15, -0.1) is 0 Å². The molecule has 1 heterocycles. The van der Waals surface area contributed by atoms with E-state index in [0.717, 1.165) is 17.5 Å². The molecular weight excluding hydrogens is 260 g/mol. The molecule has 0 bridgehead atoms. The maximum atomic E-state index is 12.4. The number of carbonyl (C=O) groups is 1. The number of nitrogens with zero attached hydrogens (tertiary/aromatic N) is 1. The van der Waals surface area contributed by atoms with E-state index in [1.807, 2.05) is 25.9 Å². The van der Waals surface area contributed by atoms with Crippen LogP contribution in [0.5, 0.6) is 0 Å². The van der Waals surface area contributed by atoms with Crippen LogP contribution in [0.3, 0.4) is 0 Å². The predicted molar refractivity (Wildman–Crippen MR) is 89.1 cm³/mol. The van der Waals surface area contributed by atoms with Crippen LogP contribution in [0.4, 0.5) is 5.69 Å². The van der Waals surface area contributed by atoms with Gasteiger partial charge in [0, 0.05) is 43.2 Å². The zero-order valence-corrected chi connectivity index (χ0v) is 13.9. The minimum Gasteiger partial charge on any atom is -0.383 e. The van der Waals surface area contributed by atoms with Gasteiger partial charge in [-0.2, -0.15) is 0 Å². The summed E-state index contributed by atoms with van der Waals surface area (Å²) in [5, 5.41) is 3.59. The van der Waals surface area contributed by atoms with Gasteiger partial charge < -0.3 is 10.2 Å². The van der Waals surface area contributed by atoms with Crippen molar-refractivity contribution < 1.29 is 4.79 Å². The molecule has 1 atom stereocenters. The monoisotopic (exact) mass is 286 g/mol. The van der Waals surface area contributed by atoms with Crippen molar-refractivity contribution in [3.63, 3.8) is 0 Å². The van der Waals surface area contributed by atoms with Crippen LogP contribution in [0, 0.1) is 6.92 Å². The van der Waals surface area contributed by atoms with E-state index in [4.69, 9.17) is 0 Å². The third kappa shape index (κ3) is 3.46. The van der Waals surface area contributed by atoms with Crippen molar-refractivity contribution in [2.75, 3.05) is 19.4 Å². The standard InChI is InChI=1S/C18H26N2O/c1-12-9-16-14(13(2)11-18(3,4)19-16)10-15(12)17(21)7-8-20(5)6/h7-10,13,19H,11H2,1-6H3. The fourth-order valence-corrected chi connectivity index (χ4v) is 3.10. The molecule has 1 unspecified atom stereocenters. The van der Waals surface area contributed by atoms with Crippen LogP contribution >= 0.6 is 0 Å². The van der Waals surface area contributed by atoms with Crippen molar-refractivity contribution in [3.8, 4) is 0 Å². The van der Waals surface area contributed by atoms with E-state index in [1.54, 1.807) is 12.3 Å². The second kappa shape index (κ2) is 5.55. The summed E-state index contributed by atoms with van der Waals surface area (Å²) in [7, 11) is 3.83. The van der Waals surface area contributed by atoms with Crippen molar-refractivity contribution in [2.45, 2.75) is 45.6 Å². The quantitative estimate of drug-likeness (QED) is 0.674. The number of nitrogens with one attached hydrogen (secondary N) is 1. The van der Waals surface area contributed by atoms with Crippen LogP contribution in [0.2, 0.25) is 0 Å². The second-order valence-corrected chi connectivity index (χ2v) is 7.01.